The van der Waals surface area contributed by atoms with Crippen molar-refractivity contribution in [3.8, 4) is 0 Å². The Balaban J connectivity index is 1.47. The monoisotopic (exact) mass is 368 g/mol. The number of likely N-dealkylation sites (N-methyl/N-ethyl adjacent to an activating group) is 1. The Hall–Kier alpha value is -2.21. The van der Waals surface area contributed by atoms with Gasteiger partial charge in [-0.15, -0.1) is 0 Å². The summed E-state index contributed by atoms with van der Waals surface area (Å²) in [5.74, 6) is 1.67. The van der Waals surface area contributed by atoms with Crippen LogP contribution in [0.1, 0.15) is 49.4 Å². The van der Waals surface area contributed by atoms with Gasteiger partial charge in [0.15, 0.2) is 5.82 Å². The fraction of sp³-hybridized carbons (Fsp3) is 0.571. The number of piperidine rings is 2. The van der Waals surface area contributed by atoms with E-state index in [4.69, 9.17) is 4.52 Å². The van der Waals surface area contributed by atoms with Crippen LogP contribution in [-0.2, 0) is 11.3 Å². The van der Waals surface area contributed by atoms with E-state index < -0.39 is 0 Å². The molecule has 2 aromatic rings. The van der Waals surface area contributed by atoms with Gasteiger partial charge < -0.3 is 9.42 Å². The zero-order chi connectivity index (χ0) is 18.9. The zero-order valence-electron chi connectivity index (χ0n) is 16.2. The first kappa shape index (κ1) is 18.2. The van der Waals surface area contributed by atoms with Crippen LogP contribution in [0.5, 0.6) is 0 Å². The number of aromatic nitrogens is 2. The molecule has 2 aliphatic heterocycles. The Kier molecular flexibility index (Phi) is 5.00. The fourth-order valence-electron chi connectivity index (χ4n) is 4.65. The van der Waals surface area contributed by atoms with Gasteiger partial charge in [-0.2, -0.15) is 4.98 Å². The maximum Gasteiger partial charge on any atom is 0.230 e. The van der Waals surface area contributed by atoms with Crippen molar-refractivity contribution in [1.82, 2.24) is 19.9 Å². The molecular formula is C21H28N4O2. The van der Waals surface area contributed by atoms with Crippen molar-refractivity contribution < 1.29 is 9.32 Å². The summed E-state index contributed by atoms with van der Waals surface area (Å²) in [7, 11) is 0. The fourth-order valence-corrected chi connectivity index (χ4v) is 4.65. The lowest BCUT2D eigenvalue weighted by Crippen LogP contribution is -2.53. The lowest BCUT2D eigenvalue weighted by Gasteiger charge is -2.49. The van der Waals surface area contributed by atoms with E-state index in [0.717, 1.165) is 63.4 Å². The van der Waals surface area contributed by atoms with Gasteiger partial charge in [-0.05, 0) is 50.3 Å². The number of hydrogen-bond acceptors (Lipinski definition) is 5. The number of carbonyl (C=O) groups excluding carboxylic acids is 1. The lowest BCUT2D eigenvalue weighted by molar-refractivity contribution is -0.141. The normalized spacial score (nSPS) is 23.1. The van der Waals surface area contributed by atoms with Crippen molar-refractivity contribution in [2.24, 2.45) is 5.41 Å². The predicted octanol–water partition coefficient (Wildman–Crippen LogP) is 3.00. The molecule has 1 amide bonds. The molecule has 6 heteroatoms. The Morgan fingerprint density at radius 2 is 1.96 bits per heavy atom. The predicted molar refractivity (Wildman–Crippen MR) is 102 cm³/mol. The minimum atomic E-state index is -0.00805. The van der Waals surface area contributed by atoms with Crippen LogP contribution in [-0.4, -0.2) is 52.0 Å². The number of amides is 1. The van der Waals surface area contributed by atoms with Crippen molar-refractivity contribution >= 4 is 5.91 Å². The lowest BCUT2D eigenvalue weighted by atomic mass is 9.67. The summed E-state index contributed by atoms with van der Waals surface area (Å²) < 4.78 is 5.09. The standard InChI is InChI=1S/C21H28N4O2/c1-3-25-15-21(13-18(20(25)26)17-7-5-4-6-8-17)9-11-24(12-10-21)14-19-22-16(2)27-23-19/h4-8,18H,3,9-15H2,1-2H3. The van der Waals surface area contributed by atoms with Gasteiger partial charge in [0, 0.05) is 20.0 Å². The number of hydrogen-bond donors (Lipinski definition) is 0. The molecule has 1 atom stereocenters. The highest BCUT2D eigenvalue weighted by atomic mass is 16.5. The third kappa shape index (κ3) is 3.76. The summed E-state index contributed by atoms with van der Waals surface area (Å²) in [6.07, 6.45) is 3.18. The first-order chi connectivity index (χ1) is 13.1. The molecular weight excluding hydrogens is 340 g/mol. The average Bonchev–Trinajstić information content (AvgIpc) is 3.11. The minimum absolute atomic E-state index is 0.00805. The summed E-state index contributed by atoms with van der Waals surface area (Å²) in [4.78, 5) is 21.8. The summed E-state index contributed by atoms with van der Waals surface area (Å²) in [6.45, 7) is 8.36. The highest BCUT2D eigenvalue weighted by Crippen LogP contribution is 2.45. The van der Waals surface area contributed by atoms with E-state index in [9.17, 15) is 4.79 Å². The van der Waals surface area contributed by atoms with Crippen LogP contribution in [0.3, 0.4) is 0 Å². The van der Waals surface area contributed by atoms with E-state index in [2.05, 4.69) is 39.0 Å². The summed E-state index contributed by atoms with van der Waals surface area (Å²) in [6, 6.07) is 10.3. The maximum atomic E-state index is 13.0. The molecule has 0 saturated carbocycles. The number of aryl methyl sites for hydroxylation is 1. The number of rotatable bonds is 4. The number of likely N-dealkylation sites (tertiary alicyclic amines) is 2. The van der Waals surface area contributed by atoms with Crippen molar-refractivity contribution in [3.63, 3.8) is 0 Å². The number of benzene rings is 1. The van der Waals surface area contributed by atoms with Gasteiger partial charge in [-0.1, -0.05) is 35.5 Å². The number of nitrogens with zero attached hydrogens (tertiary/aromatic N) is 4. The van der Waals surface area contributed by atoms with Crippen molar-refractivity contribution in [1.29, 1.82) is 0 Å². The molecule has 4 rings (SSSR count). The van der Waals surface area contributed by atoms with Gasteiger partial charge in [0.25, 0.3) is 0 Å². The molecule has 1 aromatic carbocycles. The van der Waals surface area contributed by atoms with Gasteiger partial charge in [0.1, 0.15) is 0 Å². The topological polar surface area (TPSA) is 62.5 Å². The van der Waals surface area contributed by atoms with E-state index in [1.54, 1.807) is 0 Å². The van der Waals surface area contributed by atoms with Crippen molar-refractivity contribution in [2.75, 3.05) is 26.2 Å². The largest absolute Gasteiger partial charge is 0.342 e. The molecule has 1 aromatic heterocycles. The van der Waals surface area contributed by atoms with Gasteiger partial charge in [-0.25, -0.2) is 0 Å². The summed E-state index contributed by atoms with van der Waals surface area (Å²) in [5, 5.41) is 4.02. The average molecular weight is 368 g/mol. The van der Waals surface area contributed by atoms with Crippen LogP contribution in [0.15, 0.2) is 34.9 Å². The molecule has 0 bridgehead atoms. The van der Waals surface area contributed by atoms with Gasteiger partial charge in [0.05, 0.1) is 12.5 Å². The Morgan fingerprint density at radius 1 is 1.22 bits per heavy atom. The van der Waals surface area contributed by atoms with E-state index in [1.165, 1.54) is 0 Å². The van der Waals surface area contributed by atoms with Gasteiger partial charge in [-0.3, -0.25) is 9.69 Å². The molecule has 0 radical (unpaired) electrons. The van der Waals surface area contributed by atoms with Crippen LogP contribution in [0.4, 0.5) is 0 Å². The van der Waals surface area contributed by atoms with E-state index in [-0.39, 0.29) is 11.3 Å². The Morgan fingerprint density at radius 3 is 2.59 bits per heavy atom. The third-order valence-electron chi connectivity index (χ3n) is 6.21. The molecule has 144 valence electrons. The Bertz CT molecular complexity index is 780. The molecule has 2 saturated heterocycles. The molecule has 1 unspecified atom stereocenters. The van der Waals surface area contributed by atoms with Gasteiger partial charge in [0.2, 0.25) is 11.8 Å². The quantitative estimate of drug-likeness (QED) is 0.830. The molecule has 0 aliphatic carbocycles. The van der Waals surface area contributed by atoms with Crippen LogP contribution < -0.4 is 0 Å². The third-order valence-corrected chi connectivity index (χ3v) is 6.21. The molecule has 2 fully saturated rings. The van der Waals surface area contributed by atoms with Crippen LogP contribution in [0, 0.1) is 12.3 Å². The summed E-state index contributed by atoms with van der Waals surface area (Å²) >= 11 is 0. The first-order valence-electron chi connectivity index (χ1n) is 9.94. The maximum absolute atomic E-state index is 13.0. The second-order valence-corrected chi connectivity index (χ2v) is 8.03. The van der Waals surface area contributed by atoms with Crippen LogP contribution >= 0.6 is 0 Å². The molecule has 0 N–H and O–H groups in total. The van der Waals surface area contributed by atoms with Crippen LogP contribution in [0.2, 0.25) is 0 Å². The second kappa shape index (κ2) is 7.43. The van der Waals surface area contributed by atoms with Crippen molar-refractivity contribution in [2.45, 2.75) is 45.6 Å². The smallest absolute Gasteiger partial charge is 0.230 e. The zero-order valence-corrected chi connectivity index (χ0v) is 16.2. The molecule has 6 nitrogen and oxygen atoms in total. The highest BCUT2D eigenvalue weighted by Gasteiger charge is 2.45. The highest BCUT2D eigenvalue weighted by molar-refractivity contribution is 5.84. The van der Waals surface area contributed by atoms with E-state index in [1.807, 2.05) is 25.1 Å². The SMILES string of the molecule is CCN1CC2(CCN(Cc3noc(C)n3)CC2)CC(c2ccccc2)C1=O. The minimum Gasteiger partial charge on any atom is -0.342 e. The first-order valence-corrected chi connectivity index (χ1v) is 9.94. The Labute approximate surface area is 160 Å². The molecule has 27 heavy (non-hydrogen) atoms. The van der Waals surface area contributed by atoms with Crippen LogP contribution in [0.25, 0.3) is 0 Å². The summed E-state index contributed by atoms with van der Waals surface area (Å²) in [5.41, 5.74) is 1.37. The molecule has 1 spiro atoms. The van der Waals surface area contributed by atoms with Gasteiger partial charge >= 0.3 is 0 Å². The van der Waals surface area contributed by atoms with E-state index >= 15 is 0 Å². The molecule has 2 aliphatic rings. The number of carbonyl (C=O) groups is 1. The molecule has 3 heterocycles. The second-order valence-electron chi connectivity index (χ2n) is 8.03. The van der Waals surface area contributed by atoms with Crippen molar-refractivity contribution in [3.05, 3.63) is 47.6 Å². The van der Waals surface area contributed by atoms with E-state index in [0.29, 0.717) is 11.8 Å².